The summed E-state index contributed by atoms with van der Waals surface area (Å²) in [7, 11) is -1.45. The van der Waals surface area contributed by atoms with Crippen LogP contribution in [-0.4, -0.2) is 30.5 Å². The summed E-state index contributed by atoms with van der Waals surface area (Å²) in [6.45, 7) is 6.42. The van der Waals surface area contributed by atoms with E-state index in [1.165, 1.54) is 19.3 Å². The minimum atomic E-state index is -1.45. The van der Waals surface area contributed by atoms with Gasteiger partial charge in [0.25, 0.3) is 0 Å². The molecule has 2 N–H and O–H groups in total. The van der Waals surface area contributed by atoms with Crippen LogP contribution in [-0.2, 0) is 0 Å². The van der Waals surface area contributed by atoms with Gasteiger partial charge >= 0.3 is 0 Å². The van der Waals surface area contributed by atoms with Gasteiger partial charge in [0.2, 0.25) is 0 Å². The standard InChI is InChI=1S/C13H24O2Si/c1-16(2,3)10-9-12(14)13(15)11-7-5-4-6-8-11/h11-15H,4-8H2,1-3H3/t12-,13+/m1/s1. The van der Waals surface area contributed by atoms with Gasteiger partial charge in [0, 0.05) is 0 Å². The van der Waals surface area contributed by atoms with Crippen LogP contribution in [0.3, 0.4) is 0 Å². The quantitative estimate of drug-likeness (QED) is 0.574. The predicted molar refractivity (Wildman–Crippen MR) is 69.7 cm³/mol. The van der Waals surface area contributed by atoms with Gasteiger partial charge in [-0.1, -0.05) is 44.8 Å². The van der Waals surface area contributed by atoms with Gasteiger partial charge in [0.05, 0.1) is 6.10 Å². The van der Waals surface area contributed by atoms with E-state index < -0.39 is 20.3 Å². The highest BCUT2D eigenvalue weighted by Crippen LogP contribution is 2.27. The van der Waals surface area contributed by atoms with Crippen LogP contribution in [0.15, 0.2) is 0 Å². The molecule has 0 amide bonds. The Morgan fingerprint density at radius 2 is 1.62 bits per heavy atom. The number of rotatable bonds is 2. The van der Waals surface area contributed by atoms with E-state index in [1.54, 1.807) is 0 Å². The van der Waals surface area contributed by atoms with Crippen molar-refractivity contribution in [1.29, 1.82) is 0 Å². The summed E-state index contributed by atoms with van der Waals surface area (Å²) in [5.74, 6) is 3.09. The monoisotopic (exact) mass is 240 g/mol. The lowest BCUT2D eigenvalue weighted by molar-refractivity contribution is 0.000717. The third-order valence-electron chi connectivity index (χ3n) is 3.05. The Morgan fingerprint density at radius 3 is 2.12 bits per heavy atom. The van der Waals surface area contributed by atoms with Crippen LogP contribution in [0.5, 0.6) is 0 Å². The number of aliphatic hydroxyl groups excluding tert-OH is 2. The summed E-state index contributed by atoms with van der Waals surface area (Å²) < 4.78 is 0. The summed E-state index contributed by atoms with van der Waals surface area (Å²) in [6.07, 6.45) is 4.18. The highest BCUT2D eigenvalue weighted by atomic mass is 28.3. The second-order valence-electron chi connectivity index (χ2n) is 5.85. The molecule has 1 aliphatic rings. The van der Waals surface area contributed by atoms with Crippen LogP contribution < -0.4 is 0 Å². The molecular formula is C13H24O2Si. The van der Waals surface area contributed by atoms with Crippen LogP contribution in [0.2, 0.25) is 19.6 Å². The largest absolute Gasteiger partial charge is 0.389 e. The van der Waals surface area contributed by atoms with Crippen molar-refractivity contribution in [2.75, 3.05) is 0 Å². The Morgan fingerprint density at radius 1 is 1.06 bits per heavy atom. The van der Waals surface area contributed by atoms with Gasteiger partial charge in [-0.25, -0.2) is 0 Å². The van der Waals surface area contributed by atoms with E-state index in [0.29, 0.717) is 0 Å². The fraction of sp³-hybridized carbons (Fsp3) is 0.846. The molecule has 92 valence electrons. The Kier molecular flexibility index (Phi) is 5.04. The van der Waals surface area contributed by atoms with Crippen LogP contribution in [0.4, 0.5) is 0 Å². The van der Waals surface area contributed by atoms with Crippen LogP contribution >= 0.6 is 0 Å². The SMILES string of the molecule is C[Si](C)(C)C#C[C@@H](O)[C@@H](O)C1CCCCC1. The van der Waals surface area contributed by atoms with Crippen LogP contribution in [0.25, 0.3) is 0 Å². The molecule has 0 spiro atoms. The summed E-state index contributed by atoms with van der Waals surface area (Å²) in [5, 5.41) is 19.8. The fourth-order valence-electron chi connectivity index (χ4n) is 2.11. The van der Waals surface area contributed by atoms with E-state index in [1.807, 2.05) is 0 Å². The zero-order valence-corrected chi connectivity index (χ0v) is 11.7. The van der Waals surface area contributed by atoms with Gasteiger partial charge in [-0.05, 0) is 18.8 Å². The number of hydrogen-bond donors (Lipinski definition) is 2. The molecule has 0 aromatic heterocycles. The maximum atomic E-state index is 10.0. The average molecular weight is 240 g/mol. The summed E-state index contributed by atoms with van der Waals surface area (Å²) in [5.41, 5.74) is 3.12. The molecular weight excluding hydrogens is 216 g/mol. The molecule has 0 heterocycles. The topological polar surface area (TPSA) is 40.5 Å². The van der Waals surface area contributed by atoms with Crippen molar-refractivity contribution in [2.45, 2.75) is 64.0 Å². The lowest BCUT2D eigenvalue weighted by Gasteiger charge is -2.27. The average Bonchev–Trinajstić information content (AvgIpc) is 2.25. The molecule has 1 rings (SSSR count). The smallest absolute Gasteiger partial charge is 0.140 e. The van der Waals surface area contributed by atoms with Crippen molar-refractivity contribution in [3.05, 3.63) is 0 Å². The second-order valence-corrected chi connectivity index (χ2v) is 10.6. The molecule has 2 nitrogen and oxygen atoms in total. The minimum Gasteiger partial charge on any atom is -0.389 e. The maximum Gasteiger partial charge on any atom is 0.140 e. The Hall–Kier alpha value is -0.303. The van der Waals surface area contributed by atoms with E-state index in [2.05, 4.69) is 31.1 Å². The lowest BCUT2D eigenvalue weighted by atomic mass is 9.83. The molecule has 0 aliphatic heterocycles. The van der Waals surface area contributed by atoms with Gasteiger partial charge < -0.3 is 10.2 Å². The van der Waals surface area contributed by atoms with Gasteiger partial charge in [0.1, 0.15) is 14.2 Å². The van der Waals surface area contributed by atoms with Crippen molar-refractivity contribution in [3.63, 3.8) is 0 Å². The van der Waals surface area contributed by atoms with Gasteiger partial charge in [-0.3, -0.25) is 0 Å². The van der Waals surface area contributed by atoms with E-state index in [0.717, 1.165) is 12.8 Å². The molecule has 0 saturated heterocycles. The predicted octanol–water partition coefficient (Wildman–Crippen LogP) is 2.17. The third kappa shape index (κ3) is 4.69. The van der Waals surface area contributed by atoms with Crippen molar-refractivity contribution < 1.29 is 10.2 Å². The van der Waals surface area contributed by atoms with Crippen LogP contribution in [0, 0.1) is 17.4 Å². The van der Waals surface area contributed by atoms with Crippen LogP contribution in [0.1, 0.15) is 32.1 Å². The normalized spacial score (nSPS) is 22.1. The molecule has 16 heavy (non-hydrogen) atoms. The fourth-order valence-corrected chi connectivity index (χ4v) is 2.69. The van der Waals surface area contributed by atoms with E-state index >= 15 is 0 Å². The highest BCUT2D eigenvalue weighted by molar-refractivity contribution is 6.83. The molecule has 0 aromatic rings. The zero-order valence-electron chi connectivity index (χ0n) is 10.7. The summed E-state index contributed by atoms with van der Waals surface area (Å²) in [6, 6.07) is 0. The highest BCUT2D eigenvalue weighted by Gasteiger charge is 2.26. The van der Waals surface area contributed by atoms with Crippen molar-refractivity contribution in [1.82, 2.24) is 0 Å². The van der Waals surface area contributed by atoms with E-state index in [-0.39, 0.29) is 5.92 Å². The Labute approximate surface area is 100 Å². The first-order chi connectivity index (χ1) is 7.40. The van der Waals surface area contributed by atoms with E-state index in [9.17, 15) is 10.2 Å². The Bertz CT molecular complexity index is 266. The first kappa shape index (κ1) is 13.8. The molecule has 1 saturated carbocycles. The Balaban J connectivity index is 2.51. The molecule has 0 aromatic carbocycles. The van der Waals surface area contributed by atoms with Gasteiger partial charge in [-0.15, -0.1) is 5.54 Å². The van der Waals surface area contributed by atoms with Crippen molar-refractivity contribution >= 4 is 8.07 Å². The summed E-state index contributed by atoms with van der Waals surface area (Å²) in [4.78, 5) is 0. The molecule has 0 bridgehead atoms. The molecule has 1 fully saturated rings. The number of aliphatic hydroxyl groups is 2. The molecule has 0 radical (unpaired) electrons. The lowest BCUT2D eigenvalue weighted by Crippen LogP contribution is -2.34. The second kappa shape index (κ2) is 5.86. The first-order valence-corrected chi connectivity index (χ1v) is 9.79. The van der Waals surface area contributed by atoms with Gasteiger partial charge in [0.15, 0.2) is 0 Å². The van der Waals surface area contributed by atoms with Crippen molar-refractivity contribution in [2.24, 2.45) is 5.92 Å². The molecule has 3 heteroatoms. The third-order valence-corrected chi connectivity index (χ3v) is 3.95. The molecule has 1 aliphatic carbocycles. The minimum absolute atomic E-state index is 0.250. The number of hydrogen-bond acceptors (Lipinski definition) is 2. The van der Waals surface area contributed by atoms with E-state index in [4.69, 9.17) is 0 Å². The maximum absolute atomic E-state index is 10.0. The molecule has 0 unspecified atom stereocenters. The summed E-state index contributed by atoms with van der Waals surface area (Å²) >= 11 is 0. The zero-order chi connectivity index (χ0) is 12.2. The van der Waals surface area contributed by atoms with Crippen molar-refractivity contribution in [3.8, 4) is 11.5 Å². The van der Waals surface area contributed by atoms with Gasteiger partial charge in [-0.2, -0.15) is 0 Å². The molecule has 2 atom stereocenters. The first-order valence-electron chi connectivity index (χ1n) is 6.29.